The molecular weight excluding hydrogens is 262 g/mol. The molecule has 1 atom stereocenters. The SMILES string of the molecule is CCN1CCCC1CN(C)c1nc(C(=O)O)c(C)s1. The van der Waals surface area contributed by atoms with Crippen LogP contribution in [0.3, 0.4) is 0 Å². The van der Waals surface area contributed by atoms with Crippen LogP contribution >= 0.6 is 11.3 Å². The first-order valence-corrected chi connectivity index (χ1v) is 7.50. The van der Waals surface area contributed by atoms with Gasteiger partial charge in [0.05, 0.1) is 0 Å². The minimum absolute atomic E-state index is 0.186. The van der Waals surface area contributed by atoms with Crippen LogP contribution in [0.1, 0.15) is 35.1 Å². The molecule has 1 N–H and O–H groups in total. The Bertz CT molecular complexity index is 461. The zero-order chi connectivity index (χ0) is 14.0. The quantitative estimate of drug-likeness (QED) is 0.896. The number of likely N-dealkylation sites (tertiary alicyclic amines) is 1. The molecule has 6 heteroatoms. The Morgan fingerprint density at radius 1 is 1.63 bits per heavy atom. The van der Waals surface area contributed by atoms with Crippen LogP contribution in [-0.2, 0) is 0 Å². The van der Waals surface area contributed by atoms with Crippen molar-refractivity contribution in [3.05, 3.63) is 10.6 Å². The third-order valence-corrected chi connectivity index (χ3v) is 4.79. The van der Waals surface area contributed by atoms with E-state index in [1.54, 1.807) is 0 Å². The maximum absolute atomic E-state index is 11.0. The first kappa shape index (κ1) is 14.3. The van der Waals surface area contributed by atoms with Crippen molar-refractivity contribution in [3.63, 3.8) is 0 Å². The third kappa shape index (κ3) is 3.06. The Labute approximate surface area is 117 Å². The number of hydrogen-bond donors (Lipinski definition) is 1. The molecule has 1 saturated heterocycles. The van der Waals surface area contributed by atoms with Gasteiger partial charge in [-0.15, -0.1) is 11.3 Å². The molecule has 1 fully saturated rings. The van der Waals surface area contributed by atoms with Crippen molar-refractivity contribution in [2.24, 2.45) is 0 Å². The molecule has 0 aliphatic carbocycles. The summed E-state index contributed by atoms with van der Waals surface area (Å²) >= 11 is 1.46. The van der Waals surface area contributed by atoms with E-state index in [4.69, 9.17) is 5.11 Å². The molecule has 0 aromatic carbocycles. The number of thiazole rings is 1. The summed E-state index contributed by atoms with van der Waals surface area (Å²) in [5, 5.41) is 9.85. The largest absolute Gasteiger partial charge is 0.476 e. The van der Waals surface area contributed by atoms with Crippen molar-refractivity contribution in [1.29, 1.82) is 0 Å². The number of aromatic carboxylic acids is 1. The number of carbonyl (C=O) groups is 1. The molecule has 1 aromatic heterocycles. The fourth-order valence-corrected chi connectivity index (χ4v) is 3.53. The smallest absolute Gasteiger partial charge is 0.355 e. The van der Waals surface area contributed by atoms with E-state index in [9.17, 15) is 4.79 Å². The second-order valence-electron chi connectivity index (χ2n) is 5.01. The van der Waals surface area contributed by atoms with Crippen LogP contribution in [0.25, 0.3) is 0 Å². The number of aromatic nitrogens is 1. The minimum atomic E-state index is -0.940. The monoisotopic (exact) mass is 283 g/mol. The molecular formula is C13H21N3O2S. The summed E-state index contributed by atoms with van der Waals surface area (Å²) in [7, 11) is 2.00. The molecule has 0 spiro atoms. The summed E-state index contributed by atoms with van der Waals surface area (Å²) < 4.78 is 0. The van der Waals surface area contributed by atoms with Crippen LogP contribution in [0.15, 0.2) is 0 Å². The predicted octanol–water partition coefficient (Wildman–Crippen LogP) is 2.07. The molecule has 0 amide bonds. The van der Waals surface area contributed by atoms with Crippen molar-refractivity contribution in [1.82, 2.24) is 9.88 Å². The van der Waals surface area contributed by atoms with Gasteiger partial charge >= 0.3 is 5.97 Å². The van der Waals surface area contributed by atoms with E-state index in [-0.39, 0.29) is 5.69 Å². The maximum atomic E-state index is 11.0. The van der Waals surface area contributed by atoms with Gasteiger partial charge in [0.2, 0.25) is 0 Å². The van der Waals surface area contributed by atoms with Crippen LogP contribution in [0.4, 0.5) is 5.13 Å². The molecule has 1 aliphatic rings. The predicted molar refractivity (Wildman–Crippen MR) is 77.3 cm³/mol. The highest BCUT2D eigenvalue weighted by molar-refractivity contribution is 7.15. The van der Waals surface area contributed by atoms with Crippen molar-refractivity contribution >= 4 is 22.4 Å². The molecule has 1 aromatic rings. The Balaban J connectivity index is 2.05. The van der Waals surface area contributed by atoms with Gasteiger partial charge in [-0.05, 0) is 32.9 Å². The number of anilines is 1. The minimum Gasteiger partial charge on any atom is -0.476 e. The molecule has 1 aliphatic heterocycles. The molecule has 0 bridgehead atoms. The van der Waals surface area contributed by atoms with Crippen LogP contribution in [-0.4, -0.2) is 53.7 Å². The molecule has 0 saturated carbocycles. The van der Waals surface area contributed by atoms with Gasteiger partial charge in [-0.25, -0.2) is 9.78 Å². The van der Waals surface area contributed by atoms with E-state index in [1.165, 1.54) is 30.7 Å². The van der Waals surface area contributed by atoms with Gasteiger partial charge in [0, 0.05) is 24.5 Å². The molecule has 2 heterocycles. The third-order valence-electron chi connectivity index (χ3n) is 3.70. The van der Waals surface area contributed by atoms with Crippen molar-refractivity contribution < 1.29 is 9.90 Å². The second kappa shape index (κ2) is 5.88. The zero-order valence-electron chi connectivity index (χ0n) is 11.7. The number of aryl methyl sites for hydroxylation is 1. The molecule has 0 radical (unpaired) electrons. The van der Waals surface area contributed by atoms with Gasteiger partial charge in [-0.2, -0.15) is 0 Å². The van der Waals surface area contributed by atoms with E-state index in [0.29, 0.717) is 6.04 Å². The van der Waals surface area contributed by atoms with Gasteiger partial charge in [-0.1, -0.05) is 6.92 Å². The Morgan fingerprint density at radius 3 is 2.95 bits per heavy atom. The highest BCUT2D eigenvalue weighted by atomic mass is 32.1. The number of hydrogen-bond acceptors (Lipinski definition) is 5. The highest BCUT2D eigenvalue weighted by Gasteiger charge is 2.25. The number of likely N-dealkylation sites (N-methyl/N-ethyl adjacent to an activating group) is 2. The fraction of sp³-hybridized carbons (Fsp3) is 0.692. The Hall–Kier alpha value is -1.14. The van der Waals surface area contributed by atoms with E-state index in [2.05, 4.69) is 21.7 Å². The summed E-state index contributed by atoms with van der Waals surface area (Å²) in [6, 6.07) is 0.562. The average molecular weight is 283 g/mol. The van der Waals surface area contributed by atoms with Gasteiger partial charge in [0.1, 0.15) is 0 Å². The topological polar surface area (TPSA) is 56.7 Å². The molecule has 19 heavy (non-hydrogen) atoms. The van der Waals surface area contributed by atoms with Crippen LogP contribution in [0.2, 0.25) is 0 Å². The molecule has 5 nitrogen and oxygen atoms in total. The lowest BCUT2D eigenvalue weighted by molar-refractivity contribution is 0.0690. The van der Waals surface area contributed by atoms with E-state index >= 15 is 0 Å². The van der Waals surface area contributed by atoms with Gasteiger partial charge in [0.25, 0.3) is 0 Å². The molecule has 2 rings (SSSR count). The molecule has 106 valence electrons. The lowest BCUT2D eigenvalue weighted by Gasteiger charge is -2.27. The van der Waals surface area contributed by atoms with Crippen LogP contribution in [0, 0.1) is 6.92 Å². The van der Waals surface area contributed by atoms with E-state index in [1.807, 2.05) is 14.0 Å². The van der Waals surface area contributed by atoms with Crippen LogP contribution < -0.4 is 4.90 Å². The number of nitrogens with zero attached hydrogens (tertiary/aromatic N) is 3. The number of carboxylic acids is 1. The van der Waals surface area contributed by atoms with E-state index in [0.717, 1.165) is 23.1 Å². The maximum Gasteiger partial charge on any atom is 0.355 e. The summed E-state index contributed by atoms with van der Waals surface area (Å²) in [5.41, 5.74) is 0.186. The average Bonchev–Trinajstić information content (AvgIpc) is 2.95. The summed E-state index contributed by atoms with van der Waals surface area (Å²) in [5.74, 6) is -0.940. The van der Waals surface area contributed by atoms with Gasteiger partial charge in [0.15, 0.2) is 10.8 Å². The van der Waals surface area contributed by atoms with E-state index < -0.39 is 5.97 Å². The zero-order valence-corrected chi connectivity index (χ0v) is 12.5. The lowest BCUT2D eigenvalue weighted by Crippen LogP contribution is -2.38. The summed E-state index contributed by atoms with van der Waals surface area (Å²) in [6.45, 7) is 7.17. The molecule has 1 unspecified atom stereocenters. The Kier molecular flexibility index (Phi) is 4.42. The van der Waals surface area contributed by atoms with Crippen molar-refractivity contribution in [2.45, 2.75) is 32.7 Å². The number of rotatable bonds is 5. The summed E-state index contributed by atoms with van der Waals surface area (Å²) in [4.78, 5) is 20.6. The van der Waals surface area contributed by atoms with Crippen LogP contribution in [0.5, 0.6) is 0 Å². The van der Waals surface area contributed by atoms with Crippen molar-refractivity contribution in [2.75, 3.05) is 31.6 Å². The lowest BCUT2D eigenvalue weighted by atomic mass is 10.2. The fourth-order valence-electron chi connectivity index (χ4n) is 2.66. The normalized spacial score (nSPS) is 19.8. The standard InChI is InChI=1S/C13H21N3O2S/c1-4-16-7-5-6-10(16)8-15(3)13-14-11(12(17)18)9(2)19-13/h10H,4-8H2,1-3H3,(H,17,18). The first-order chi connectivity index (χ1) is 9.02. The van der Waals surface area contributed by atoms with Gasteiger partial charge < -0.3 is 10.0 Å². The van der Waals surface area contributed by atoms with Crippen molar-refractivity contribution in [3.8, 4) is 0 Å². The van der Waals surface area contributed by atoms with Gasteiger partial charge in [-0.3, -0.25) is 4.90 Å². The Morgan fingerprint density at radius 2 is 2.37 bits per heavy atom. The first-order valence-electron chi connectivity index (χ1n) is 6.68. The second-order valence-corrected chi connectivity index (χ2v) is 6.19. The summed E-state index contributed by atoms with van der Waals surface area (Å²) in [6.07, 6.45) is 2.47. The highest BCUT2D eigenvalue weighted by Crippen LogP contribution is 2.26. The number of carboxylic acid groups (broad SMARTS) is 1.